The summed E-state index contributed by atoms with van der Waals surface area (Å²) in [5.41, 5.74) is 0. The summed E-state index contributed by atoms with van der Waals surface area (Å²) in [5, 5.41) is -0.573. The van der Waals surface area contributed by atoms with Crippen molar-refractivity contribution in [3.05, 3.63) is 0 Å². The minimum Gasteiger partial charge on any atom is -0.275 e. The molecule has 0 saturated carbocycles. The van der Waals surface area contributed by atoms with E-state index in [2.05, 4.69) is 15.0 Å². The quantitative estimate of drug-likeness (QED) is 0.346. The highest BCUT2D eigenvalue weighted by Crippen LogP contribution is 2.40. The summed E-state index contributed by atoms with van der Waals surface area (Å²) in [6.07, 6.45) is -11.4. The highest BCUT2D eigenvalue weighted by Gasteiger charge is 2.66. The smallest absolute Gasteiger partial charge is 0.275 e. The van der Waals surface area contributed by atoms with Gasteiger partial charge in [0.05, 0.1) is 0 Å². The highest BCUT2D eigenvalue weighted by atomic mass is 32.2. The van der Waals surface area contributed by atoms with Crippen molar-refractivity contribution in [1.29, 1.82) is 0 Å². The molecule has 1 aromatic heterocycles. The zero-order valence-corrected chi connectivity index (χ0v) is 19.4. The molecule has 1 heterocycles. The van der Waals surface area contributed by atoms with E-state index in [0.29, 0.717) is 11.8 Å². The molecule has 0 spiro atoms. The maximum Gasteiger partial charge on any atom is 0.463 e. The van der Waals surface area contributed by atoms with E-state index in [1.54, 1.807) is 0 Å². The minimum atomic E-state index is -6.34. The van der Waals surface area contributed by atoms with Crippen LogP contribution in [-0.4, -0.2) is 69.8 Å². The van der Waals surface area contributed by atoms with E-state index in [0.717, 1.165) is 13.8 Å². The van der Waals surface area contributed by atoms with Gasteiger partial charge in [0.25, 0.3) is 0 Å². The van der Waals surface area contributed by atoms with Crippen molar-refractivity contribution in [2.75, 3.05) is 22.6 Å². The molecule has 0 bridgehead atoms. The van der Waals surface area contributed by atoms with Crippen LogP contribution < -0.4 is 9.80 Å². The largest absolute Gasteiger partial charge is 0.463 e. The van der Waals surface area contributed by atoms with E-state index < -0.39 is 71.6 Å². The first kappa shape index (κ1) is 30.6. The Morgan fingerprint density at radius 2 is 1.23 bits per heavy atom. The number of amides is 2. The number of anilines is 2. The van der Waals surface area contributed by atoms with Gasteiger partial charge < -0.3 is 0 Å². The van der Waals surface area contributed by atoms with Crippen molar-refractivity contribution in [3.63, 3.8) is 0 Å². The fourth-order valence-electron chi connectivity index (χ4n) is 2.35. The molecule has 0 aliphatic heterocycles. The molecule has 0 saturated heterocycles. The van der Waals surface area contributed by atoms with E-state index in [1.807, 2.05) is 0 Å². The second-order valence-corrected chi connectivity index (χ2v) is 8.05. The highest BCUT2D eigenvalue weighted by molar-refractivity contribution is 7.98. The van der Waals surface area contributed by atoms with E-state index in [-0.39, 0.29) is 9.80 Å². The Kier molecular flexibility index (Phi) is 9.01. The van der Waals surface area contributed by atoms with Crippen LogP contribution in [0.25, 0.3) is 0 Å². The maximum atomic E-state index is 13.9. The lowest BCUT2D eigenvalue weighted by molar-refractivity contribution is -0.269. The molecular weight excluding hydrogens is 528 g/mol. The van der Waals surface area contributed by atoms with Gasteiger partial charge in [0, 0.05) is 12.6 Å². The topological polar surface area (TPSA) is 79.3 Å². The van der Waals surface area contributed by atoms with Crippen LogP contribution >= 0.6 is 11.8 Å². The molecular formula is C17H19F10N5O2S. The first-order valence-corrected chi connectivity index (χ1v) is 10.7. The molecule has 200 valence electrons. The third-order valence-corrected chi connectivity index (χ3v) is 5.18. The molecule has 0 N–H and O–H groups in total. The fraction of sp³-hybridized carbons (Fsp3) is 0.706. The van der Waals surface area contributed by atoms with Gasteiger partial charge in [-0.15, -0.1) is 0 Å². The molecule has 1 atom stereocenters. The lowest BCUT2D eigenvalue weighted by Crippen LogP contribution is -2.56. The van der Waals surface area contributed by atoms with Gasteiger partial charge in [-0.3, -0.25) is 19.4 Å². The number of alkyl halides is 10. The maximum absolute atomic E-state index is 13.9. The predicted octanol–water partition coefficient (Wildman–Crippen LogP) is 4.72. The van der Waals surface area contributed by atoms with Crippen LogP contribution in [0, 0.1) is 5.92 Å². The number of carbonyl (C=O) groups is 2. The van der Waals surface area contributed by atoms with Crippen molar-refractivity contribution in [2.24, 2.45) is 5.92 Å². The number of hydrogen-bond donors (Lipinski definition) is 0. The molecule has 0 fully saturated rings. The van der Waals surface area contributed by atoms with Crippen molar-refractivity contribution in [3.8, 4) is 0 Å². The van der Waals surface area contributed by atoms with Crippen molar-refractivity contribution >= 4 is 35.5 Å². The summed E-state index contributed by atoms with van der Waals surface area (Å²) in [4.78, 5) is 34.3. The standard InChI is InChI=1S/C17H19F10N5O2S/c1-6-31(9(33)14(18,19)16(22,23)24)11-28-12(30-13(29-11)35-5)32(8(4)7(2)3)10(34)15(20,21)17(25,26)27/h7-8H,6H2,1-5H3. The number of carbonyl (C=O) groups excluding carboxylic acids is 2. The Morgan fingerprint density at radius 3 is 1.60 bits per heavy atom. The Hall–Kier alpha value is -2.40. The second-order valence-electron chi connectivity index (χ2n) is 7.28. The number of hydrogen-bond acceptors (Lipinski definition) is 6. The zero-order chi connectivity index (χ0) is 27.7. The fourth-order valence-corrected chi connectivity index (χ4v) is 2.70. The molecule has 7 nitrogen and oxygen atoms in total. The monoisotopic (exact) mass is 547 g/mol. The van der Waals surface area contributed by atoms with Crippen molar-refractivity contribution in [2.45, 2.75) is 63.1 Å². The lowest BCUT2D eigenvalue weighted by Gasteiger charge is -2.33. The Balaban J connectivity index is 3.81. The molecule has 1 aromatic rings. The van der Waals surface area contributed by atoms with E-state index in [9.17, 15) is 53.5 Å². The average molecular weight is 547 g/mol. The number of aromatic nitrogens is 3. The first-order chi connectivity index (χ1) is 15.6. The van der Waals surface area contributed by atoms with Gasteiger partial charge in [-0.1, -0.05) is 25.6 Å². The normalized spacial score (nSPS) is 14.2. The zero-order valence-electron chi connectivity index (χ0n) is 18.6. The van der Waals surface area contributed by atoms with Gasteiger partial charge >= 0.3 is 36.0 Å². The Labute approximate surface area is 196 Å². The third-order valence-electron chi connectivity index (χ3n) is 4.63. The molecule has 0 aromatic carbocycles. The van der Waals surface area contributed by atoms with Gasteiger partial charge in [-0.25, -0.2) is 0 Å². The van der Waals surface area contributed by atoms with Crippen LogP contribution in [-0.2, 0) is 9.59 Å². The second kappa shape index (κ2) is 10.3. The van der Waals surface area contributed by atoms with Crippen LogP contribution in [0.15, 0.2) is 5.16 Å². The van der Waals surface area contributed by atoms with Crippen LogP contribution in [0.5, 0.6) is 0 Å². The van der Waals surface area contributed by atoms with Gasteiger partial charge in [0.2, 0.25) is 11.9 Å². The number of nitrogens with zero attached hydrogens (tertiary/aromatic N) is 5. The molecule has 0 aliphatic rings. The number of thioether (sulfide) groups is 1. The van der Waals surface area contributed by atoms with Crippen LogP contribution in [0.2, 0.25) is 0 Å². The number of halogens is 10. The van der Waals surface area contributed by atoms with Crippen LogP contribution in [0.3, 0.4) is 0 Å². The Morgan fingerprint density at radius 1 is 0.800 bits per heavy atom. The molecule has 2 amide bonds. The summed E-state index contributed by atoms with van der Waals surface area (Å²) in [6.45, 7) is 3.77. The van der Waals surface area contributed by atoms with Gasteiger partial charge in [0.15, 0.2) is 5.16 Å². The molecule has 1 rings (SSSR count). The Bertz CT molecular complexity index is 939. The molecule has 18 heteroatoms. The number of rotatable bonds is 8. The summed E-state index contributed by atoms with van der Waals surface area (Å²) in [5.74, 6) is -20.8. The van der Waals surface area contributed by atoms with E-state index in [1.165, 1.54) is 20.1 Å². The lowest BCUT2D eigenvalue weighted by atomic mass is 10.0. The molecule has 0 aliphatic carbocycles. The first-order valence-electron chi connectivity index (χ1n) is 9.49. The predicted molar refractivity (Wildman–Crippen MR) is 103 cm³/mol. The summed E-state index contributed by atoms with van der Waals surface area (Å²) < 4.78 is 132. The summed E-state index contributed by atoms with van der Waals surface area (Å²) >= 11 is 0.554. The van der Waals surface area contributed by atoms with Gasteiger partial charge in [-0.2, -0.15) is 58.9 Å². The SMILES string of the molecule is CCN(C(=O)C(F)(F)C(F)(F)F)c1nc(SC)nc(N(C(=O)C(F)(F)C(F)(F)F)C(C)C(C)C)n1. The average Bonchev–Trinajstić information content (AvgIpc) is 2.72. The third kappa shape index (κ3) is 6.06. The summed E-state index contributed by atoms with van der Waals surface area (Å²) in [6, 6.07) is -1.46. The van der Waals surface area contributed by atoms with Crippen molar-refractivity contribution in [1.82, 2.24) is 15.0 Å². The molecule has 1 unspecified atom stereocenters. The van der Waals surface area contributed by atoms with E-state index in [4.69, 9.17) is 0 Å². The van der Waals surface area contributed by atoms with Gasteiger partial charge in [0.1, 0.15) is 0 Å². The molecule has 0 radical (unpaired) electrons. The van der Waals surface area contributed by atoms with Crippen LogP contribution in [0.1, 0.15) is 27.7 Å². The summed E-state index contributed by atoms with van der Waals surface area (Å²) in [7, 11) is 0. The van der Waals surface area contributed by atoms with Gasteiger partial charge in [-0.05, 0) is 26.0 Å². The van der Waals surface area contributed by atoms with Crippen molar-refractivity contribution < 1.29 is 53.5 Å². The minimum absolute atomic E-state index is 0.163. The molecule has 35 heavy (non-hydrogen) atoms. The van der Waals surface area contributed by atoms with Crippen LogP contribution in [0.4, 0.5) is 55.8 Å². The van der Waals surface area contributed by atoms with E-state index >= 15 is 0 Å².